The number of benzene rings is 1. The van der Waals surface area contributed by atoms with Crippen molar-refractivity contribution in [1.82, 2.24) is 5.43 Å². The molecular weight excluding hydrogens is 258 g/mol. The number of carboxylic acids is 1. The molecule has 2 atom stereocenters. The van der Waals surface area contributed by atoms with Gasteiger partial charge in [0.25, 0.3) is 0 Å². The summed E-state index contributed by atoms with van der Waals surface area (Å²) in [7, 11) is 0. The molecule has 6 heteroatoms. The molecule has 0 radical (unpaired) electrons. The van der Waals surface area contributed by atoms with Crippen LogP contribution in [0.15, 0.2) is 35.4 Å². The smallest absolute Gasteiger partial charge is 0.332 e. The molecule has 6 nitrogen and oxygen atoms in total. The van der Waals surface area contributed by atoms with Crippen LogP contribution >= 0.6 is 0 Å². The van der Waals surface area contributed by atoms with E-state index in [1.165, 1.54) is 0 Å². The van der Waals surface area contributed by atoms with Crippen LogP contribution in [0.4, 0.5) is 4.79 Å². The second-order valence-corrected chi connectivity index (χ2v) is 4.94. The van der Waals surface area contributed by atoms with Crippen molar-refractivity contribution in [2.75, 3.05) is 0 Å². The Morgan fingerprint density at radius 1 is 1.40 bits per heavy atom. The molecule has 0 bridgehead atoms. The number of urea groups is 1. The third-order valence-corrected chi connectivity index (χ3v) is 3.99. The molecule has 4 N–H and O–H groups in total. The molecule has 106 valence electrons. The van der Waals surface area contributed by atoms with E-state index in [4.69, 9.17) is 5.73 Å². The van der Waals surface area contributed by atoms with Gasteiger partial charge in [-0.2, -0.15) is 5.10 Å². The largest absolute Gasteiger partial charge is 0.481 e. The van der Waals surface area contributed by atoms with Gasteiger partial charge in [0.2, 0.25) is 0 Å². The number of nitrogens with one attached hydrogen (secondary N) is 1. The van der Waals surface area contributed by atoms with Crippen molar-refractivity contribution in [2.45, 2.75) is 25.2 Å². The fraction of sp³-hybridized carbons (Fsp3) is 0.357. The molecule has 0 saturated heterocycles. The maximum atomic E-state index is 11.9. The maximum Gasteiger partial charge on any atom is 0.332 e. The highest BCUT2D eigenvalue weighted by molar-refractivity contribution is 5.99. The number of nitrogens with two attached hydrogens (primary N) is 1. The molecular formula is C14H17N3O3. The molecule has 1 aliphatic rings. The predicted octanol–water partition coefficient (Wildman–Crippen LogP) is 1.46. The van der Waals surface area contributed by atoms with Gasteiger partial charge in [-0.1, -0.05) is 37.3 Å². The van der Waals surface area contributed by atoms with Crippen molar-refractivity contribution in [3.8, 4) is 0 Å². The van der Waals surface area contributed by atoms with Crippen LogP contribution in [0, 0.1) is 5.92 Å². The summed E-state index contributed by atoms with van der Waals surface area (Å²) in [6, 6.07) is 8.37. The molecule has 0 aliphatic heterocycles. The van der Waals surface area contributed by atoms with Gasteiger partial charge in [-0.25, -0.2) is 10.2 Å². The molecule has 1 fully saturated rings. The molecule has 2 rings (SSSR count). The average Bonchev–Trinajstić information content (AvgIpc) is 2.75. The third-order valence-electron chi connectivity index (χ3n) is 3.99. The summed E-state index contributed by atoms with van der Waals surface area (Å²) in [6.07, 6.45) is 0.968. The SMILES string of the molecule is C[C@@H]1/C(=N/NC(N)=O)CC[C@]1(C(=O)O)c1ccccc1. The first-order valence-corrected chi connectivity index (χ1v) is 6.39. The summed E-state index contributed by atoms with van der Waals surface area (Å²) in [5.41, 5.74) is 7.56. The van der Waals surface area contributed by atoms with Crippen LogP contribution in [0.2, 0.25) is 0 Å². The second-order valence-electron chi connectivity index (χ2n) is 4.94. The Balaban J connectivity index is 2.39. The number of hydrazone groups is 1. The molecule has 0 spiro atoms. The van der Waals surface area contributed by atoms with E-state index in [0.717, 1.165) is 5.56 Å². The number of carbonyl (C=O) groups excluding carboxylic acids is 1. The standard InChI is InChI=1S/C14H17N3O3/c1-9-11(16-17-13(15)20)7-8-14(9,12(18)19)10-5-3-2-4-6-10/h2-6,9H,7-8H2,1H3,(H,18,19)(H3,15,17,20)/b16-11+/t9-,14-/m1/s1. The number of hydrogen-bond acceptors (Lipinski definition) is 3. The van der Waals surface area contributed by atoms with E-state index < -0.39 is 17.4 Å². The molecule has 1 saturated carbocycles. The summed E-state index contributed by atoms with van der Waals surface area (Å²) in [6.45, 7) is 1.82. The lowest BCUT2D eigenvalue weighted by atomic mass is 9.73. The normalized spacial score (nSPS) is 27.4. The van der Waals surface area contributed by atoms with Gasteiger partial charge >= 0.3 is 12.0 Å². The Morgan fingerprint density at radius 3 is 2.60 bits per heavy atom. The Hall–Kier alpha value is -2.37. The monoisotopic (exact) mass is 275 g/mol. The fourth-order valence-electron chi connectivity index (χ4n) is 2.87. The van der Waals surface area contributed by atoms with E-state index in [1.54, 1.807) is 0 Å². The Kier molecular flexibility index (Phi) is 3.74. The van der Waals surface area contributed by atoms with Crippen LogP contribution in [0.1, 0.15) is 25.3 Å². The number of primary amides is 1. The van der Waals surface area contributed by atoms with Crippen molar-refractivity contribution in [1.29, 1.82) is 0 Å². The average molecular weight is 275 g/mol. The number of carbonyl (C=O) groups is 2. The summed E-state index contributed by atoms with van der Waals surface area (Å²) >= 11 is 0. The lowest BCUT2D eigenvalue weighted by molar-refractivity contribution is -0.144. The van der Waals surface area contributed by atoms with Crippen LogP contribution in [0.3, 0.4) is 0 Å². The van der Waals surface area contributed by atoms with Crippen molar-refractivity contribution in [3.63, 3.8) is 0 Å². The lowest BCUT2D eigenvalue weighted by Gasteiger charge is -2.29. The van der Waals surface area contributed by atoms with Gasteiger partial charge in [0.1, 0.15) is 5.41 Å². The first kappa shape index (κ1) is 14.0. The van der Waals surface area contributed by atoms with Gasteiger partial charge in [-0.05, 0) is 18.4 Å². The minimum atomic E-state index is -1.00. The molecule has 2 amide bonds. The molecule has 1 aromatic rings. The fourth-order valence-corrected chi connectivity index (χ4v) is 2.87. The minimum absolute atomic E-state index is 0.311. The topological polar surface area (TPSA) is 105 Å². The van der Waals surface area contributed by atoms with E-state index in [0.29, 0.717) is 18.6 Å². The molecule has 0 heterocycles. The van der Waals surface area contributed by atoms with E-state index in [1.807, 2.05) is 37.3 Å². The summed E-state index contributed by atoms with van der Waals surface area (Å²) in [5, 5.41) is 13.7. The highest BCUT2D eigenvalue weighted by Gasteiger charge is 2.51. The zero-order valence-corrected chi connectivity index (χ0v) is 11.2. The van der Waals surface area contributed by atoms with Crippen LogP contribution in [0.25, 0.3) is 0 Å². The number of amides is 2. The first-order valence-electron chi connectivity index (χ1n) is 6.39. The van der Waals surface area contributed by atoms with Crippen LogP contribution in [0.5, 0.6) is 0 Å². The predicted molar refractivity (Wildman–Crippen MR) is 74.3 cm³/mol. The zero-order chi connectivity index (χ0) is 14.8. The Bertz CT molecular complexity index is 556. The quantitative estimate of drug-likeness (QED) is 0.727. The molecule has 1 aliphatic carbocycles. The minimum Gasteiger partial charge on any atom is -0.481 e. The lowest BCUT2D eigenvalue weighted by Crippen LogP contribution is -2.40. The van der Waals surface area contributed by atoms with Crippen molar-refractivity contribution in [2.24, 2.45) is 16.8 Å². The number of carboxylic acid groups (broad SMARTS) is 1. The summed E-state index contributed by atoms with van der Waals surface area (Å²) in [4.78, 5) is 22.6. The summed E-state index contributed by atoms with van der Waals surface area (Å²) < 4.78 is 0. The van der Waals surface area contributed by atoms with Crippen LogP contribution in [-0.4, -0.2) is 22.8 Å². The van der Waals surface area contributed by atoms with E-state index in [2.05, 4.69) is 10.5 Å². The summed E-state index contributed by atoms with van der Waals surface area (Å²) in [5.74, 6) is -1.19. The van der Waals surface area contributed by atoms with E-state index in [9.17, 15) is 14.7 Å². The van der Waals surface area contributed by atoms with Gasteiger partial charge in [-0.15, -0.1) is 0 Å². The Labute approximate surface area is 116 Å². The van der Waals surface area contributed by atoms with E-state index >= 15 is 0 Å². The molecule has 1 aromatic carbocycles. The second kappa shape index (κ2) is 5.32. The van der Waals surface area contributed by atoms with Gasteiger partial charge in [0.05, 0.1) is 0 Å². The molecule has 20 heavy (non-hydrogen) atoms. The highest BCUT2D eigenvalue weighted by Crippen LogP contribution is 2.44. The van der Waals surface area contributed by atoms with Crippen LogP contribution < -0.4 is 11.2 Å². The number of nitrogens with zero attached hydrogens (tertiary/aromatic N) is 1. The van der Waals surface area contributed by atoms with Gasteiger partial charge in [-0.3, -0.25) is 4.79 Å². The molecule has 0 unspecified atom stereocenters. The Morgan fingerprint density at radius 2 is 2.05 bits per heavy atom. The van der Waals surface area contributed by atoms with Gasteiger partial charge < -0.3 is 10.8 Å². The maximum absolute atomic E-state index is 11.9. The van der Waals surface area contributed by atoms with Crippen LogP contribution in [-0.2, 0) is 10.2 Å². The zero-order valence-electron chi connectivity index (χ0n) is 11.2. The van der Waals surface area contributed by atoms with Crippen molar-refractivity contribution < 1.29 is 14.7 Å². The third kappa shape index (κ3) is 2.24. The highest BCUT2D eigenvalue weighted by atomic mass is 16.4. The first-order chi connectivity index (χ1) is 9.48. The van der Waals surface area contributed by atoms with Crippen molar-refractivity contribution >= 4 is 17.7 Å². The number of aliphatic carboxylic acids is 1. The van der Waals surface area contributed by atoms with Crippen molar-refractivity contribution in [3.05, 3.63) is 35.9 Å². The van der Waals surface area contributed by atoms with Gasteiger partial charge in [0, 0.05) is 11.6 Å². The number of hydrogen-bond donors (Lipinski definition) is 3. The van der Waals surface area contributed by atoms with E-state index in [-0.39, 0.29) is 5.92 Å². The van der Waals surface area contributed by atoms with Gasteiger partial charge in [0.15, 0.2) is 0 Å². The molecule has 0 aromatic heterocycles. The number of rotatable bonds is 3.